The molecule has 1 aliphatic rings. The number of nitriles is 1. The standard InChI is InChI=1S/C18H23F3N4O3/c19-18(20,21)28-16-4-2-15(3-5-16)23-17(26)14-25(7-1-6-22)9-8-24-10-12-27-13-11-24/h2-5H,1,7-14H2,(H,23,26). The molecule has 0 saturated carbocycles. The van der Waals surface area contributed by atoms with Crippen molar-refractivity contribution in [2.45, 2.75) is 12.8 Å². The maximum Gasteiger partial charge on any atom is 0.573 e. The smallest absolute Gasteiger partial charge is 0.406 e. The maximum atomic E-state index is 12.3. The van der Waals surface area contributed by atoms with Crippen LogP contribution in [0.1, 0.15) is 6.42 Å². The third-order valence-corrected chi connectivity index (χ3v) is 4.11. The first-order chi connectivity index (χ1) is 13.4. The molecule has 0 spiro atoms. The van der Waals surface area contributed by atoms with E-state index in [2.05, 4.69) is 21.0 Å². The molecule has 1 saturated heterocycles. The lowest BCUT2D eigenvalue weighted by atomic mass is 10.3. The molecule has 1 N–H and O–H groups in total. The van der Waals surface area contributed by atoms with Crippen molar-refractivity contribution in [2.75, 3.05) is 57.8 Å². The molecule has 0 bridgehead atoms. The fourth-order valence-corrected chi connectivity index (χ4v) is 2.73. The third kappa shape index (κ3) is 8.56. The Bertz CT molecular complexity index is 656. The van der Waals surface area contributed by atoms with Crippen molar-refractivity contribution < 1.29 is 27.4 Å². The highest BCUT2D eigenvalue weighted by molar-refractivity contribution is 5.92. The second-order valence-corrected chi connectivity index (χ2v) is 6.26. The van der Waals surface area contributed by atoms with Gasteiger partial charge in [-0.2, -0.15) is 5.26 Å². The second kappa shape index (κ2) is 10.8. The summed E-state index contributed by atoms with van der Waals surface area (Å²) in [6, 6.07) is 7.02. The van der Waals surface area contributed by atoms with E-state index in [0.717, 1.165) is 31.8 Å². The lowest BCUT2D eigenvalue weighted by molar-refractivity contribution is -0.274. The van der Waals surface area contributed by atoms with E-state index in [9.17, 15) is 18.0 Å². The number of halogens is 3. The summed E-state index contributed by atoms with van der Waals surface area (Å²) < 4.78 is 45.6. The zero-order valence-corrected chi connectivity index (χ0v) is 15.4. The van der Waals surface area contributed by atoms with Crippen LogP contribution in [-0.2, 0) is 9.53 Å². The third-order valence-electron chi connectivity index (χ3n) is 4.11. The quantitative estimate of drug-likeness (QED) is 0.684. The van der Waals surface area contributed by atoms with Crippen LogP contribution < -0.4 is 10.1 Å². The van der Waals surface area contributed by atoms with Crippen LogP contribution >= 0.6 is 0 Å². The van der Waals surface area contributed by atoms with Gasteiger partial charge in [0, 0.05) is 44.8 Å². The number of hydrogen-bond acceptors (Lipinski definition) is 6. The van der Waals surface area contributed by atoms with Crippen LogP contribution in [0, 0.1) is 11.3 Å². The summed E-state index contributed by atoms with van der Waals surface area (Å²) in [6.45, 7) is 5.01. The van der Waals surface area contributed by atoms with Crippen LogP contribution in [0.5, 0.6) is 5.75 Å². The molecular weight excluding hydrogens is 377 g/mol. The number of ether oxygens (including phenoxy) is 2. The number of carbonyl (C=O) groups is 1. The summed E-state index contributed by atoms with van der Waals surface area (Å²) in [6.07, 6.45) is -4.45. The predicted octanol–water partition coefficient (Wildman–Crippen LogP) is 2.07. The van der Waals surface area contributed by atoms with E-state index in [1.165, 1.54) is 12.1 Å². The molecule has 1 amide bonds. The normalized spacial score (nSPS) is 15.2. The monoisotopic (exact) mass is 400 g/mol. The van der Waals surface area contributed by atoms with Gasteiger partial charge in [-0.15, -0.1) is 13.2 Å². The van der Waals surface area contributed by atoms with Crippen molar-refractivity contribution in [1.82, 2.24) is 9.80 Å². The minimum Gasteiger partial charge on any atom is -0.406 e. The predicted molar refractivity (Wildman–Crippen MR) is 95.7 cm³/mol. The molecule has 0 atom stereocenters. The Balaban J connectivity index is 1.83. The van der Waals surface area contributed by atoms with Gasteiger partial charge in [0.1, 0.15) is 5.75 Å². The van der Waals surface area contributed by atoms with Crippen molar-refractivity contribution in [3.05, 3.63) is 24.3 Å². The molecule has 1 aromatic rings. The molecule has 0 radical (unpaired) electrons. The lowest BCUT2D eigenvalue weighted by Crippen LogP contribution is -2.43. The van der Waals surface area contributed by atoms with Gasteiger partial charge in [0.25, 0.3) is 0 Å². The number of amides is 1. The number of morpholine rings is 1. The van der Waals surface area contributed by atoms with Gasteiger partial charge < -0.3 is 14.8 Å². The average molecular weight is 400 g/mol. The number of anilines is 1. The minimum atomic E-state index is -4.76. The van der Waals surface area contributed by atoms with E-state index in [1.54, 1.807) is 0 Å². The molecular formula is C18H23F3N4O3. The Labute approximate surface area is 161 Å². The Morgan fingerprint density at radius 3 is 2.54 bits per heavy atom. The highest BCUT2D eigenvalue weighted by atomic mass is 19.4. The second-order valence-electron chi connectivity index (χ2n) is 6.26. The van der Waals surface area contributed by atoms with Crippen LogP contribution in [0.3, 0.4) is 0 Å². The van der Waals surface area contributed by atoms with Crippen molar-refractivity contribution in [3.8, 4) is 11.8 Å². The van der Waals surface area contributed by atoms with E-state index >= 15 is 0 Å². The summed E-state index contributed by atoms with van der Waals surface area (Å²) in [7, 11) is 0. The van der Waals surface area contributed by atoms with Crippen LogP contribution in [0.4, 0.5) is 18.9 Å². The summed E-state index contributed by atoms with van der Waals surface area (Å²) in [5, 5.41) is 11.5. The molecule has 7 nitrogen and oxygen atoms in total. The molecule has 2 rings (SSSR count). The van der Waals surface area contributed by atoms with E-state index in [4.69, 9.17) is 10.00 Å². The van der Waals surface area contributed by atoms with E-state index in [0.29, 0.717) is 38.4 Å². The Morgan fingerprint density at radius 2 is 1.93 bits per heavy atom. The van der Waals surface area contributed by atoms with E-state index in [1.807, 2.05) is 4.90 Å². The molecule has 0 aromatic heterocycles. The summed E-state index contributed by atoms with van der Waals surface area (Å²) in [4.78, 5) is 16.4. The number of alkyl halides is 3. The minimum absolute atomic E-state index is 0.0901. The first-order valence-corrected chi connectivity index (χ1v) is 8.91. The number of hydrogen-bond donors (Lipinski definition) is 1. The SMILES string of the molecule is N#CCCN(CCN1CCOCC1)CC(=O)Nc1ccc(OC(F)(F)F)cc1. The van der Waals surface area contributed by atoms with Gasteiger partial charge in [-0.05, 0) is 24.3 Å². The van der Waals surface area contributed by atoms with Crippen LogP contribution in [0.2, 0.25) is 0 Å². The number of nitrogens with zero attached hydrogens (tertiary/aromatic N) is 3. The Morgan fingerprint density at radius 1 is 1.25 bits per heavy atom. The highest BCUT2D eigenvalue weighted by Gasteiger charge is 2.31. The molecule has 0 aliphatic carbocycles. The lowest BCUT2D eigenvalue weighted by Gasteiger charge is -2.29. The molecule has 154 valence electrons. The maximum absolute atomic E-state index is 12.3. The summed E-state index contributed by atoms with van der Waals surface area (Å²) >= 11 is 0. The molecule has 10 heteroatoms. The van der Waals surface area contributed by atoms with Crippen LogP contribution in [0.25, 0.3) is 0 Å². The molecule has 1 fully saturated rings. The largest absolute Gasteiger partial charge is 0.573 e. The number of rotatable bonds is 9. The summed E-state index contributed by atoms with van der Waals surface area (Å²) in [5.41, 5.74) is 0.368. The van der Waals surface area contributed by atoms with E-state index in [-0.39, 0.29) is 18.2 Å². The zero-order valence-electron chi connectivity index (χ0n) is 15.4. The molecule has 1 heterocycles. The molecule has 28 heavy (non-hydrogen) atoms. The first kappa shape index (κ1) is 21.9. The molecule has 1 aliphatic heterocycles. The van der Waals surface area contributed by atoms with E-state index < -0.39 is 6.36 Å². The summed E-state index contributed by atoms with van der Waals surface area (Å²) in [5.74, 6) is -0.656. The van der Waals surface area contributed by atoms with Gasteiger partial charge in [-0.25, -0.2) is 0 Å². The van der Waals surface area contributed by atoms with Gasteiger partial charge in [0.05, 0.1) is 25.8 Å². The fourth-order valence-electron chi connectivity index (χ4n) is 2.73. The topological polar surface area (TPSA) is 77.8 Å². The number of carbonyl (C=O) groups excluding carboxylic acids is 1. The number of nitrogens with one attached hydrogen (secondary N) is 1. The average Bonchev–Trinajstić information content (AvgIpc) is 2.65. The fraction of sp³-hybridized carbons (Fsp3) is 0.556. The van der Waals surface area contributed by atoms with Gasteiger partial charge >= 0.3 is 6.36 Å². The number of benzene rings is 1. The Hall–Kier alpha value is -2.35. The van der Waals surface area contributed by atoms with Crippen LogP contribution in [-0.4, -0.2) is 74.6 Å². The molecule has 1 aromatic carbocycles. The molecule has 0 unspecified atom stereocenters. The Kier molecular flexibility index (Phi) is 8.50. The van der Waals surface area contributed by atoms with Crippen molar-refractivity contribution in [1.29, 1.82) is 5.26 Å². The van der Waals surface area contributed by atoms with Gasteiger partial charge in [-0.1, -0.05) is 0 Å². The van der Waals surface area contributed by atoms with Crippen molar-refractivity contribution in [3.63, 3.8) is 0 Å². The van der Waals surface area contributed by atoms with Crippen LogP contribution in [0.15, 0.2) is 24.3 Å². The van der Waals surface area contributed by atoms with Gasteiger partial charge in [-0.3, -0.25) is 14.6 Å². The zero-order chi connectivity index (χ0) is 20.4. The first-order valence-electron chi connectivity index (χ1n) is 8.91. The van der Waals surface area contributed by atoms with Gasteiger partial charge in [0.15, 0.2) is 0 Å². The van der Waals surface area contributed by atoms with Crippen molar-refractivity contribution in [2.24, 2.45) is 0 Å². The van der Waals surface area contributed by atoms with Gasteiger partial charge in [0.2, 0.25) is 5.91 Å². The van der Waals surface area contributed by atoms with Crippen molar-refractivity contribution >= 4 is 11.6 Å². The highest BCUT2D eigenvalue weighted by Crippen LogP contribution is 2.23.